The Morgan fingerprint density at radius 2 is 0.500 bits per heavy atom. The molecule has 0 radical (unpaired) electrons. The van der Waals surface area contributed by atoms with E-state index >= 15 is 0 Å². The van der Waals surface area contributed by atoms with Gasteiger partial charge in [-0.3, -0.25) is 0 Å². The number of hydrogen-bond acceptors (Lipinski definition) is 2. The molecule has 0 fully saturated rings. The Kier molecular flexibility index (Phi) is 7.83. The quantitative estimate of drug-likeness (QED) is 0.146. The summed E-state index contributed by atoms with van der Waals surface area (Å²) in [7, 11) is 0. The van der Waals surface area contributed by atoms with E-state index in [0.717, 1.165) is 0 Å². The van der Waals surface area contributed by atoms with E-state index < -0.39 is 0 Å². The lowest BCUT2D eigenvalue weighted by Crippen LogP contribution is -1.87. The second-order valence-electron chi connectivity index (χ2n) is 17.2. The van der Waals surface area contributed by atoms with Crippen LogP contribution >= 0.6 is 22.7 Å². The van der Waals surface area contributed by atoms with Crippen molar-refractivity contribution < 1.29 is 0 Å². The van der Waals surface area contributed by atoms with Crippen molar-refractivity contribution in [1.82, 2.24) is 0 Å². The van der Waals surface area contributed by atoms with Crippen LogP contribution in [0, 0.1) is 0 Å². The predicted molar refractivity (Wildman–Crippen MR) is 280 cm³/mol. The van der Waals surface area contributed by atoms with Gasteiger partial charge in [-0.05, 0) is 132 Å². The standard InChI is InChI=1S/C62H36S2/c1-3-45-23-25-49-27-31-51(53-33-29-47(5-1)59(45)61(49)53)41-15-7-37(8-16-41)39-11-19-43(20-12-39)55-35-57-58(63-55)36-56(64-57)44-21-13-40(14-22-44)38-9-17-42(18-10-38)52-32-28-50-26-24-46-4-2-6-48-30-34-54(52)62(50)60(46)48/h1-36H. The van der Waals surface area contributed by atoms with Gasteiger partial charge in [-0.1, -0.05) is 206 Å². The zero-order valence-electron chi connectivity index (χ0n) is 34.6. The molecular weight excluding hydrogens is 809 g/mol. The molecule has 14 rings (SSSR count). The number of thiophene rings is 2. The second kappa shape index (κ2) is 13.9. The normalized spacial score (nSPS) is 12.1. The zero-order valence-corrected chi connectivity index (χ0v) is 36.2. The Labute approximate surface area is 378 Å². The predicted octanol–water partition coefficient (Wildman–Crippen LogP) is 18.8. The van der Waals surface area contributed by atoms with Gasteiger partial charge in [0.2, 0.25) is 0 Å². The van der Waals surface area contributed by atoms with E-state index in [1.807, 2.05) is 22.7 Å². The van der Waals surface area contributed by atoms with Crippen molar-refractivity contribution in [3.8, 4) is 65.4 Å². The largest absolute Gasteiger partial charge is 0.134 e. The number of benzene rings is 12. The van der Waals surface area contributed by atoms with Crippen molar-refractivity contribution in [1.29, 1.82) is 0 Å². The summed E-state index contributed by atoms with van der Waals surface area (Å²) in [6.07, 6.45) is 0. The monoisotopic (exact) mass is 844 g/mol. The summed E-state index contributed by atoms with van der Waals surface area (Å²) in [6, 6.07) is 81.6. The highest BCUT2D eigenvalue weighted by Crippen LogP contribution is 2.44. The second-order valence-corrected chi connectivity index (χ2v) is 19.4. The van der Waals surface area contributed by atoms with Crippen LogP contribution < -0.4 is 0 Å². The fourth-order valence-corrected chi connectivity index (χ4v) is 12.8. The molecule has 2 heteroatoms. The third kappa shape index (κ3) is 5.60. The highest BCUT2D eigenvalue weighted by Gasteiger charge is 2.15. The SMILES string of the molecule is c1cc2ccc3ccc(-c4ccc(-c5ccc(-c6cc7sc(-c8ccc(-c9ccc(-c%10ccc%11ccc%12cccc%13ccc%10c%11c%12%13)cc9)cc8)cc7s6)cc5)cc4)c4ccc(c1)c2c34. The number of rotatable bonds is 6. The summed E-state index contributed by atoms with van der Waals surface area (Å²) < 4.78 is 2.68. The maximum absolute atomic E-state index is 2.37. The molecule has 0 bridgehead atoms. The third-order valence-corrected chi connectivity index (χ3v) is 16.1. The molecule has 0 saturated carbocycles. The van der Waals surface area contributed by atoms with Crippen LogP contribution in [0.15, 0.2) is 218 Å². The first kappa shape index (κ1) is 35.9. The lowest BCUT2D eigenvalue weighted by atomic mass is 9.89. The minimum absolute atomic E-state index is 1.23. The summed E-state index contributed by atoms with van der Waals surface area (Å²) in [5, 5.41) is 15.9. The van der Waals surface area contributed by atoms with Crippen LogP contribution in [0.4, 0.5) is 0 Å². The smallest absolute Gasteiger partial charge is 0.0463 e. The van der Waals surface area contributed by atoms with Gasteiger partial charge in [0.05, 0.1) is 0 Å². The summed E-state index contributed by atoms with van der Waals surface area (Å²) >= 11 is 3.77. The van der Waals surface area contributed by atoms with Crippen LogP contribution in [0.1, 0.15) is 0 Å². The molecule has 0 spiro atoms. The molecule has 0 unspecified atom stereocenters. The van der Waals surface area contributed by atoms with Gasteiger partial charge in [-0.25, -0.2) is 0 Å². The summed E-state index contributed by atoms with van der Waals surface area (Å²) in [6.45, 7) is 0. The van der Waals surface area contributed by atoms with E-state index in [1.54, 1.807) is 0 Å². The molecule has 64 heavy (non-hydrogen) atoms. The molecule has 0 nitrogen and oxygen atoms in total. The van der Waals surface area contributed by atoms with Crippen molar-refractivity contribution in [3.63, 3.8) is 0 Å². The Bertz CT molecular complexity index is 3740. The van der Waals surface area contributed by atoms with Gasteiger partial charge in [0, 0.05) is 19.2 Å². The average molecular weight is 845 g/mol. The Morgan fingerprint density at radius 1 is 0.219 bits per heavy atom. The molecule has 0 amide bonds. The zero-order chi connectivity index (χ0) is 41.9. The molecule has 0 aliphatic carbocycles. The molecule has 0 N–H and O–H groups in total. The first-order valence-corrected chi connectivity index (χ1v) is 23.6. The van der Waals surface area contributed by atoms with Crippen molar-refractivity contribution >= 4 is 96.7 Å². The third-order valence-electron chi connectivity index (χ3n) is 13.7. The van der Waals surface area contributed by atoms with Gasteiger partial charge in [-0.2, -0.15) is 0 Å². The first-order chi connectivity index (χ1) is 31.7. The molecular formula is C62H36S2. The first-order valence-electron chi connectivity index (χ1n) is 22.0. The highest BCUT2D eigenvalue weighted by molar-refractivity contribution is 7.31. The fourth-order valence-electron chi connectivity index (χ4n) is 10.4. The molecule has 12 aromatic carbocycles. The van der Waals surface area contributed by atoms with Crippen molar-refractivity contribution in [3.05, 3.63) is 218 Å². The minimum atomic E-state index is 1.23. The van der Waals surface area contributed by atoms with Gasteiger partial charge in [0.1, 0.15) is 0 Å². The molecule has 0 atom stereocenters. The number of fused-ring (bicyclic) bond motifs is 1. The lowest BCUT2D eigenvalue weighted by Gasteiger charge is -2.14. The van der Waals surface area contributed by atoms with Gasteiger partial charge in [0.15, 0.2) is 0 Å². The number of hydrogen-bond donors (Lipinski definition) is 0. The molecule has 2 aromatic heterocycles. The van der Waals surface area contributed by atoms with E-state index in [1.165, 1.54) is 139 Å². The molecule has 0 aliphatic rings. The average Bonchev–Trinajstić information content (AvgIpc) is 3.96. The molecule has 296 valence electrons. The molecule has 2 heterocycles. The van der Waals surface area contributed by atoms with Crippen LogP contribution in [0.3, 0.4) is 0 Å². The maximum Gasteiger partial charge on any atom is 0.0463 e. The maximum atomic E-state index is 2.37. The molecule has 14 aromatic rings. The van der Waals surface area contributed by atoms with Crippen LogP contribution in [0.25, 0.3) is 139 Å². The summed E-state index contributed by atoms with van der Waals surface area (Å²) in [4.78, 5) is 2.62. The van der Waals surface area contributed by atoms with E-state index in [9.17, 15) is 0 Å². The van der Waals surface area contributed by atoms with Crippen molar-refractivity contribution in [2.45, 2.75) is 0 Å². The highest BCUT2D eigenvalue weighted by atomic mass is 32.1. The summed E-state index contributed by atoms with van der Waals surface area (Å²) in [5.41, 5.74) is 12.5. The van der Waals surface area contributed by atoms with Crippen LogP contribution in [0.2, 0.25) is 0 Å². The van der Waals surface area contributed by atoms with E-state index in [-0.39, 0.29) is 0 Å². The van der Waals surface area contributed by atoms with E-state index in [4.69, 9.17) is 0 Å². The van der Waals surface area contributed by atoms with Gasteiger partial charge < -0.3 is 0 Å². The van der Waals surface area contributed by atoms with Crippen LogP contribution in [-0.4, -0.2) is 0 Å². The van der Waals surface area contributed by atoms with Crippen molar-refractivity contribution in [2.24, 2.45) is 0 Å². The van der Waals surface area contributed by atoms with Gasteiger partial charge in [-0.15, -0.1) is 22.7 Å². The van der Waals surface area contributed by atoms with Gasteiger partial charge in [0.25, 0.3) is 0 Å². The Balaban J connectivity index is 0.685. The Hall–Kier alpha value is -7.62. The minimum Gasteiger partial charge on any atom is -0.134 e. The van der Waals surface area contributed by atoms with Crippen molar-refractivity contribution in [2.75, 3.05) is 0 Å². The molecule has 0 aliphatic heterocycles. The fraction of sp³-hybridized carbons (Fsp3) is 0. The van der Waals surface area contributed by atoms with E-state index in [0.29, 0.717) is 0 Å². The lowest BCUT2D eigenvalue weighted by molar-refractivity contribution is 1.61. The van der Waals surface area contributed by atoms with E-state index in [2.05, 4.69) is 218 Å². The summed E-state index contributed by atoms with van der Waals surface area (Å²) in [5.74, 6) is 0. The topological polar surface area (TPSA) is 0 Å². The van der Waals surface area contributed by atoms with Crippen LogP contribution in [-0.2, 0) is 0 Å². The van der Waals surface area contributed by atoms with Gasteiger partial charge >= 0.3 is 0 Å². The molecule has 0 saturated heterocycles. The van der Waals surface area contributed by atoms with Crippen LogP contribution in [0.5, 0.6) is 0 Å². The Morgan fingerprint density at radius 3 is 0.859 bits per heavy atom.